The molecule has 4 rings (SSSR count). The molecular weight excluding hydrogens is 310 g/mol. The smallest absolute Gasteiger partial charge is 0.245 e. The SMILES string of the molecule is CNC1CCCN(C(=O)C(C)N2C(=O)C3C4CCC(O4)C3C2=O)C1. The number of imide groups is 1. The highest BCUT2D eigenvalue weighted by Crippen LogP contribution is 2.48. The maximum atomic E-state index is 12.9. The van der Waals surface area contributed by atoms with Gasteiger partial charge in [-0.1, -0.05) is 0 Å². The summed E-state index contributed by atoms with van der Waals surface area (Å²) in [6, 6.07) is -0.436. The number of ether oxygens (including phenoxy) is 1. The second-order valence-electron chi connectivity index (χ2n) is 7.48. The van der Waals surface area contributed by atoms with Crippen molar-refractivity contribution < 1.29 is 19.1 Å². The number of nitrogens with zero attached hydrogens (tertiary/aromatic N) is 2. The molecule has 2 bridgehead atoms. The molecule has 0 spiro atoms. The fourth-order valence-corrected chi connectivity index (χ4v) is 4.90. The van der Waals surface area contributed by atoms with E-state index in [1.165, 1.54) is 4.90 Å². The maximum Gasteiger partial charge on any atom is 0.245 e. The molecule has 1 N–H and O–H groups in total. The zero-order valence-electron chi connectivity index (χ0n) is 14.2. The van der Waals surface area contributed by atoms with Crippen molar-refractivity contribution in [3.05, 3.63) is 0 Å². The van der Waals surface area contributed by atoms with E-state index in [1.54, 1.807) is 11.8 Å². The quantitative estimate of drug-likeness (QED) is 0.720. The first kappa shape index (κ1) is 16.0. The molecule has 0 radical (unpaired) electrons. The van der Waals surface area contributed by atoms with Crippen molar-refractivity contribution in [2.45, 2.75) is 56.9 Å². The van der Waals surface area contributed by atoms with Gasteiger partial charge in [-0.05, 0) is 39.7 Å². The standard InChI is InChI=1S/C17H25N3O4/c1-9(15(21)19-7-3-4-10(8-19)18-2)20-16(22)13-11-5-6-12(24-11)14(13)17(20)23/h9-14,18H,3-8H2,1-2H3. The van der Waals surface area contributed by atoms with Crippen LogP contribution in [0.5, 0.6) is 0 Å². The number of rotatable bonds is 3. The zero-order valence-corrected chi connectivity index (χ0v) is 14.2. The summed E-state index contributed by atoms with van der Waals surface area (Å²) in [5.41, 5.74) is 0. The van der Waals surface area contributed by atoms with Crippen molar-refractivity contribution in [1.82, 2.24) is 15.1 Å². The number of hydrogen-bond acceptors (Lipinski definition) is 5. The predicted octanol–water partition coefficient (Wildman–Crippen LogP) is -0.252. The van der Waals surface area contributed by atoms with Crippen LogP contribution in [0.2, 0.25) is 0 Å². The first-order chi connectivity index (χ1) is 11.5. The first-order valence-corrected chi connectivity index (χ1v) is 9.01. The average Bonchev–Trinajstić information content (AvgIpc) is 3.27. The van der Waals surface area contributed by atoms with Crippen LogP contribution in [0.4, 0.5) is 0 Å². The molecule has 4 fully saturated rings. The van der Waals surface area contributed by atoms with Crippen LogP contribution in [0.3, 0.4) is 0 Å². The predicted molar refractivity (Wildman–Crippen MR) is 84.9 cm³/mol. The third-order valence-electron chi connectivity index (χ3n) is 6.20. The molecule has 0 aromatic heterocycles. The number of nitrogens with one attached hydrogen (secondary N) is 1. The molecule has 7 heteroatoms. The molecular formula is C17H25N3O4. The number of piperidine rings is 1. The van der Waals surface area contributed by atoms with Crippen molar-refractivity contribution in [3.63, 3.8) is 0 Å². The summed E-state index contributed by atoms with van der Waals surface area (Å²) in [5.74, 6) is -1.26. The fourth-order valence-electron chi connectivity index (χ4n) is 4.90. The summed E-state index contributed by atoms with van der Waals surface area (Å²) in [7, 11) is 1.90. The van der Waals surface area contributed by atoms with E-state index >= 15 is 0 Å². The molecule has 0 aliphatic carbocycles. The molecule has 6 atom stereocenters. The molecule has 0 aromatic carbocycles. The Morgan fingerprint density at radius 2 is 1.79 bits per heavy atom. The highest BCUT2D eigenvalue weighted by molar-refractivity contribution is 6.09. The largest absolute Gasteiger partial charge is 0.373 e. The molecule has 4 aliphatic rings. The Bertz CT molecular complexity index is 552. The van der Waals surface area contributed by atoms with Crippen LogP contribution in [0, 0.1) is 11.8 Å². The van der Waals surface area contributed by atoms with Crippen molar-refractivity contribution in [3.8, 4) is 0 Å². The van der Waals surface area contributed by atoms with E-state index < -0.39 is 6.04 Å². The number of carbonyl (C=O) groups is 3. The Hall–Kier alpha value is -1.47. The van der Waals surface area contributed by atoms with E-state index in [4.69, 9.17) is 4.74 Å². The maximum absolute atomic E-state index is 12.9. The van der Waals surface area contributed by atoms with E-state index in [9.17, 15) is 14.4 Å². The van der Waals surface area contributed by atoms with Crippen LogP contribution in [0.25, 0.3) is 0 Å². The van der Waals surface area contributed by atoms with Crippen LogP contribution in [-0.2, 0) is 19.1 Å². The van der Waals surface area contributed by atoms with Gasteiger partial charge in [0, 0.05) is 19.1 Å². The molecule has 4 heterocycles. The minimum Gasteiger partial charge on any atom is -0.373 e. The van der Waals surface area contributed by atoms with Crippen LogP contribution < -0.4 is 5.32 Å². The van der Waals surface area contributed by atoms with Gasteiger partial charge in [0.15, 0.2) is 0 Å². The van der Waals surface area contributed by atoms with E-state index in [1.807, 2.05) is 7.05 Å². The molecule has 0 aromatic rings. The van der Waals surface area contributed by atoms with Crippen LogP contribution in [0.1, 0.15) is 32.6 Å². The summed E-state index contributed by atoms with van der Waals surface area (Å²) in [5, 5.41) is 3.21. The molecule has 6 unspecified atom stereocenters. The van der Waals surface area contributed by atoms with Crippen LogP contribution >= 0.6 is 0 Å². The second-order valence-corrected chi connectivity index (χ2v) is 7.48. The number of likely N-dealkylation sites (N-methyl/N-ethyl adjacent to an activating group) is 1. The van der Waals surface area contributed by atoms with E-state index in [-0.39, 0.29) is 47.8 Å². The highest BCUT2D eigenvalue weighted by Gasteiger charge is 2.63. The van der Waals surface area contributed by atoms with Gasteiger partial charge in [0.2, 0.25) is 17.7 Å². The lowest BCUT2D eigenvalue weighted by molar-refractivity contribution is -0.153. The van der Waals surface area contributed by atoms with Gasteiger partial charge < -0.3 is 15.0 Å². The van der Waals surface area contributed by atoms with Gasteiger partial charge in [0.1, 0.15) is 6.04 Å². The van der Waals surface area contributed by atoms with E-state index in [2.05, 4.69) is 5.32 Å². The van der Waals surface area contributed by atoms with Gasteiger partial charge in [-0.25, -0.2) is 0 Å². The van der Waals surface area contributed by atoms with Gasteiger partial charge in [-0.3, -0.25) is 19.3 Å². The Labute approximate surface area is 141 Å². The van der Waals surface area contributed by atoms with Crippen molar-refractivity contribution in [2.75, 3.05) is 20.1 Å². The van der Waals surface area contributed by atoms with Crippen molar-refractivity contribution in [1.29, 1.82) is 0 Å². The fraction of sp³-hybridized carbons (Fsp3) is 0.824. The number of carbonyl (C=O) groups excluding carboxylic acids is 3. The lowest BCUT2D eigenvalue weighted by atomic mass is 9.81. The van der Waals surface area contributed by atoms with Gasteiger partial charge >= 0.3 is 0 Å². The lowest BCUT2D eigenvalue weighted by Crippen LogP contribution is -2.54. The summed E-state index contributed by atoms with van der Waals surface area (Å²) >= 11 is 0. The number of hydrogen-bond donors (Lipinski definition) is 1. The van der Waals surface area contributed by atoms with E-state index in [0.717, 1.165) is 25.7 Å². The Kier molecular flexibility index (Phi) is 3.88. The van der Waals surface area contributed by atoms with Gasteiger partial charge in [-0.15, -0.1) is 0 Å². The molecule has 24 heavy (non-hydrogen) atoms. The van der Waals surface area contributed by atoms with Gasteiger partial charge in [0.05, 0.1) is 24.0 Å². The summed E-state index contributed by atoms with van der Waals surface area (Å²) < 4.78 is 5.74. The molecule has 132 valence electrons. The molecule has 4 saturated heterocycles. The highest BCUT2D eigenvalue weighted by atomic mass is 16.5. The summed E-state index contributed by atoms with van der Waals surface area (Å²) in [6.45, 7) is 3.01. The normalized spacial score (nSPS) is 39.5. The molecule has 7 nitrogen and oxygen atoms in total. The third-order valence-corrected chi connectivity index (χ3v) is 6.20. The minimum absolute atomic E-state index is 0.120. The topological polar surface area (TPSA) is 79.0 Å². The first-order valence-electron chi connectivity index (χ1n) is 9.01. The Balaban J connectivity index is 1.50. The number of likely N-dealkylation sites (tertiary alicyclic amines) is 2. The van der Waals surface area contributed by atoms with Gasteiger partial charge in [-0.2, -0.15) is 0 Å². The summed E-state index contributed by atoms with van der Waals surface area (Å²) in [6.07, 6.45) is 3.41. The third kappa shape index (κ3) is 2.21. The number of amides is 3. The Morgan fingerprint density at radius 3 is 2.38 bits per heavy atom. The molecule has 3 amide bonds. The van der Waals surface area contributed by atoms with Crippen molar-refractivity contribution >= 4 is 17.7 Å². The minimum atomic E-state index is -0.717. The van der Waals surface area contributed by atoms with Crippen LogP contribution in [0.15, 0.2) is 0 Å². The van der Waals surface area contributed by atoms with Crippen LogP contribution in [-0.4, -0.2) is 72.0 Å². The summed E-state index contributed by atoms with van der Waals surface area (Å²) in [4.78, 5) is 41.4. The second kappa shape index (κ2) is 5.81. The monoisotopic (exact) mass is 335 g/mol. The van der Waals surface area contributed by atoms with E-state index in [0.29, 0.717) is 13.1 Å². The van der Waals surface area contributed by atoms with Gasteiger partial charge in [0.25, 0.3) is 0 Å². The molecule has 0 saturated carbocycles. The lowest BCUT2D eigenvalue weighted by Gasteiger charge is -2.36. The Morgan fingerprint density at radius 1 is 1.17 bits per heavy atom. The van der Waals surface area contributed by atoms with Crippen molar-refractivity contribution in [2.24, 2.45) is 11.8 Å². The zero-order chi connectivity index (χ0) is 17.0. The molecule has 4 aliphatic heterocycles. The average molecular weight is 335 g/mol. The number of fused-ring (bicyclic) bond motifs is 5.